The summed E-state index contributed by atoms with van der Waals surface area (Å²) in [4.78, 5) is 13.4. The first-order valence-corrected chi connectivity index (χ1v) is 7.13. The molecule has 0 unspecified atom stereocenters. The summed E-state index contributed by atoms with van der Waals surface area (Å²) in [6.45, 7) is 1.58. The van der Waals surface area contributed by atoms with Crippen LogP contribution in [0.25, 0.3) is 0 Å². The van der Waals surface area contributed by atoms with Crippen molar-refractivity contribution in [2.45, 2.75) is 6.92 Å². The lowest BCUT2D eigenvalue weighted by molar-refractivity contribution is -0.120. The highest BCUT2D eigenvalue weighted by molar-refractivity contribution is 6.30. The number of carbonyl (C=O) groups is 1. The monoisotopic (exact) mass is 343 g/mol. The molecule has 2 rings (SSSR count). The van der Waals surface area contributed by atoms with Crippen molar-refractivity contribution in [2.24, 2.45) is 0 Å². The number of hydrogen-bond donors (Lipinski definition) is 0. The average Bonchev–Trinajstić information content (AvgIpc) is 2.52. The van der Waals surface area contributed by atoms with Gasteiger partial charge in [0.25, 0.3) is 5.91 Å². The van der Waals surface area contributed by atoms with Crippen LogP contribution in [0, 0.1) is 17.5 Å². The number of amides is 1. The van der Waals surface area contributed by atoms with Crippen molar-refractivity contribution in [3.8, 4) is 5.75 Å². The number of carbonyl (C=O) groups excluding carboxylic acids is 1. The zero-order chi connectivity index (χ0) is 17.0. The van der Waals surface area contributed by atoms with Crippen LogP contribution < -0.4 is 9.64 Å². The fourth-order valence-electron chi connectivity index (χ4n) is 1.95. The molecule has 0 aliphatic heterocycles. The molecule has 1 amide bonds. The fourth-order valence-corrected chi connectivity index (χ4v) is 2.12. The van der Waals surface area contributed by atoms with Crippen LogP contribution in [0.1, 0.15) is 6.92 Å². The maximum Gasteiger partial charge on any atom is 0.264 e. The molecular weight excluding hydrogens is 331 g/mol. The molecule has 0 spiro atoms. The second kappa shape index (κ2) is 7.37. The molecular formula is C16H13ClF3NO2. The summed E-state index contributed by atoms with van der Waals surface area (Å²) in [5.41, 5.74) is 0.220. The van der Waals surface area contributed by atoms with Crippen molar-refractivity contribution in [3.63, 3.8) is 0 Å². The van der Waals surface area contributed by atoms with E-state index in [1.165, 1.54) is 23.1 Å². The van der Waals surface area contributed by atoms with Crippen LogP contribution in [0.3, 0.4) is 0 Å². The van der Waals surface area contributed by atoms with Gasteiger partial charge in [0.2, 0.25) is 0 Å². The van der Waals surface area contributed by atoms with Crippen molar-refractivity contribution < 1.29 is 22.7 Å². The Hall–Kier alpha value is -2.21. The molecule has 0 heterocycles. The molecule has 0 radical (unpaired) electrons. The maximum absolute atomic E-state index is 13.3. The molecule has 0 saturated heterocycles. The van der Waals surface area contributed by atoms with E-state index in [9.17, 15) is 18.0 Å². The zero-order valence-corrected chi connectivity index (χ0v) is 12.9. The Balaban J connectivity index is 2.07. The first kappa shape index (κ1) is 17.1. The highest BCUT2D eigenvalue weighted by atomic mass is 35.5. The number of nitrogens with zero attached hydrogens (tertiary/aromatic N) is 1. The van der Waals surface area contributed by atoms with Crippen LogP contribution in [0.2, 0.25) is 5.02 Å². The van der Waals surface area contributed by atoms with E-state index in [2.05, 4.69) is 0 Å². The summed E-state index contributed by atoms with van der Waals surface area (Å²) in [6.07, 6.45) is 0. The van der Waals surface area contributed by atoms with E-state index in [4.69, 9.17) is 16.3 Å². The number of rotatable bonds is 5. The molecule has 2 aromatic carbocycles. The molecule has 0 saturated carbocycles. The normalized spacial score (nSPS) is 10.5. The summed E-state index contributed by atoms with van der Waals surface area (Å²) in [5, 5.41) is -0.122. The number of halogens is 4. The summed E-state index contributed by atoms with van der Waals surface area (Å²) in [5.74, 6) is -2.86. The van der Waals surface area contributed by atoms with Crippen molar-refractivity contribution in [2.75, 3.05) is 18.1 Å². The number of ether oxygens (including phenoxy) is 1. The highest BCUT2D eigenvalue weighted by Gasteiger charge is 2.16. The topological polar surface area (TPSA) is 29.5 Å². The Bertz CT molecular complexity index is 724. The third kappa shape index (κ3) is 4.16. The van der Waals surface area contributed by atoms with Crippen molar-refractivity contribution in [1.29, 1.82) is 0 Å². The van der Waals surface area contributed by atoms with Crippen LogP contribution in [-0.2, 0) is 4.79 Å². The van der Waals surface area contributed by atoms with Gasteiger partial charge in [-0.3, -0.25) is 4.79 Å². The van der Waals surface area contributed by atoms with E-state index < -0.39 is 23.4 Å². The van der Waals surface area contributed by atoms with Crippen LogP contribution >= 0.6 is 11.6 Å². The van der Waals surface area contributed by atoms with E-state index in [1.807, 2.05) is 0 Å². The van der Waals surface area contributed by atoms with Gasteiger partial charge in [0.15, 0.2) is 18.2 Å². The maximum atomic E-state index is 13.3. The van der Waals surface area contributed by atoms with E-state index in [-0.39, 0.29) is 29.6 Å². The van der Waals surface area contributed by atoms with Gasteiger partial charge < -0.3 is 9.64 Å². The van der Waals surface area contributed by atoms with Crippen LogP contribution in [0.4, 0.5) is 18.9 Å². The van der Waals surface area contributed by atoms with Crippen LogP contribution in [0.5, 0.6) is 5.75 Å². The standard InChI is InChI=1S/C16H13ClF3NO2/c1-2-21(10-3-5-14(19)15(20)7-10)16(22)9-23-11-4-6-13(18)12(17)8-11/h3-8H,2,9H2,1H3. The minimum atomic E-state index is -1.04. The molecule has 0 fully saturated rings. The van der Waals surface area contributed by atoms with Gasteiger partial charge in [-0.25, -0.2) is 13.2 Å². The molecule has 2 aromatic rings. The van der Waals surface area contributed by atoms with Crippen LogP contribution in [0.15, 0.2) is 36.4 Å². The van der Waals surface area contributed by atoms with E-state index in [1.54, 1.807) is 6.92 Å². The van der Waals surface area contributed by atoms with Gasteiger partial charge in [-0.05, 0) is 31.2 Å². The zero-order valence-electron chi connectivity index (χ0n) is 12.2. The summed E-state index contributed by atoms with van der Waals surface area (Å²) >= 11 is 5.62. The summed E-state index contributed by atoms with van der Waals surface area (Å²) in [7, 11) is 0. The van der Waals surface area contributed by atoms with Gasteiger partial charge in [0, 0.05) is 24.4 Å². The smallest absolute Gasteiger partial charge is 0.264 e. The molecule has 122 valence electrons. The SMILES string of the molecule is CCN(C(=O)COc1ccc(F)c(Cl)c1)c1ccc(F)c(F)c1. The van der Waals surface area contributed by atoms with Gasteiger partial charge in [-0.2, -0.15) is 0 Å². The number of likely N-dealkylation sites (N-methyl/N-ethyl adjacent to an activating group) is 1. The lowest BCUT2D eigenvalue weighted by Crippen LogP contribution is -2.34. The van der Waals surface area contributed by atoms with Crippen LogP contribution in [-0.4, -0.2) is 19.1 Å². The predicted molar refractivity (Wildman–Crippen MR) is 81.3 cm³/mol. The number of benzene rings is 2. The van der Waals surface area contributed by atoms with Gasteiger partial charge in [0.05, 0.1) is 5.02 Å². The minimum absolute atomic E-state index is 0.122. The number of hydrogen-bond acceptors (Lipinski definition) is 2. The highest BCUT2D eigenvalue weighted by Crippen LogP contribution is 2.22. The van der Waals surface area contributed by atoms with Crippen molar-refractivity contribution >= 4 is 23.2 Å². The van der Waals surface area contributed by atoms with Crippen molar-refractivity contribution in [1.82, 2.24) is 0 Å². The molecule has 0 bridgehead atoms. The lowest BCUT2D eigenvalue weighted by atomic mass is 10.2. The second-order valence-electron chi connectivity index (χ2n) is 4.60. The summed E-state index contributed by atoms with van der Waals surface area (Å²) < 4.78 is 44.5. The molecule has 0 N–H and O–H groups in total. The van der Waals surface area contributed by atoms with Gasteiger partial charge in [-0.1, -0.05) is 11.6 Å². The van der Waals surface area contributed by atoms with Gasteiger partial charge in [-0.15, -0.1) is 0 Å². The third-order valence-corrected chi connectivity index (χ3v) is 3.38. The Morgan fingerprint density at radius 2 is 1.78 bits per heavy atom. The fraction of sp³-hybridized carbons (Fsp3) is 0.188. The molecule has 0 aliphatic rings. The Kier molecular flexibility index (Phi) is 5.50. The molecule has 7 heteroatoms. The molecule has 0 aromatic heterocycles. The van der Waals surface area contributed by atoms with Gasteiger partial charge >= 0.3 is 0 Å². The van der Waals surface area contributed by atoms with Gasteiger partial charge in [0.1, 0.15) is 11.6 Å². The third-order valence-electron chi connectivity index (χ3n) is 3.09. The first-order chi connectivity index (χ1) is 10.9. The van der Waals surface area contributed by atoms with Crippen molar-refractivity contribution in [3.05, 3.63) is 58.9 Å². The first-order valence-electron chi connectivity index (χ1n) is 6.75. The van der Waals surface area contributed by atoms with E-state index in [0.29, 0.717) is 0 Å². The van der Waals surface area contributed by atoms with E-state index in [0.717, 1.165) is 18.2 Å². The molecule has 3 nitrogen and oxygen atoms in total. The Morgan fingerprint density at radius 3 is 2.39 bits per heavy atom. The molecule has 0 atom stereocenters. The van der Waals surface area contributed by atoms with E-state index >= 15 is 0 Å². The minimum Gasteiger partial charge on any atom is -0.484 e. The largest absolute Gasteiger partial charge is 0.484 e. The summed E-state index contributed by atoms with van der Waals surface area (Å²) in [6, 6.07) is 6.89. The lowest BCUT2D eigenvalue weighted by Gasteiger charge is -2.21. The quantitative estimate of drug-likeness (QED) is 0.814. The number of anilines is 1. The molecule has 0 aliphatic carbocycles. The predicted octanol–water partition coefficient (Wildman–Crippen LogP) is 4.19. The average molecular weight is 344 g/mol. The Morgan fingerprint density at radius 1 is 1.09 bits per heavy atom. The second-order valence-corrected chi connectivity index (χ2v) is 5.01. The Labute approximate surface area is 136 Å². The molecule has 23 heavy (non-hydrogen) atoms.